The molecule has 3 rings (SSSR count). The Morgan fingerprint density at radius 3 is 3.00 bits per heavy atom. The molecule has 5 heteroatoms. The van der Waals surface area contributed by atoms with Crippen LogP contribution in [0.1, 0.15) is 40.2 Å². The van der Waals surface area contributed by atoms with Gasteiger partial charge in [-0.25, -0.2) is 9.97 Å². The van der Waals surface area contributed by atoms with Gasteiger partial charge in [0.05, 0.1) is 23.3 Å². The van der Waals surface area contributed by atoms with Gasteiger partial charge in [-0.05, 0) is 44.2 Å². The van der Waals surface area contributed by atoms with Gasteiger partial charge in [-0.15, -0.1) is 11.3 Å². The fourth-order valence-corrected chi connectivity index (χ4v) is 3.23. The number of anilines is 1. The van der Waals surface area contributed by atoms with Gasteiger partial charge in [0, 0.05) is 10.6 Å². The van der Waals surface area contributed by atoms with Crippen LogP contribution >= 0.6 is 11.3 Å². The van der Waals surface area contributed by atoms with E-state index in [4.69, 9.17) is 0 Å². The molecule has 102 valence electrons. The summed E-state index contributed by atoms with van der Waals surface area (Å²) in [5.41, 5.74) is 5.93. The summed E-state index contributed by atoms with van der Waals surface area (Å²) < 4.78 is 0. The molecule has 1 aliphatic rings. The second kappa shape index (κ2) is 5.59. The summed E-state index contributed by atoms with van der Waals surface area (Å²) in [6.45, 7) is 2.68. The van der Waals surface area contributed by atoms with E-state index in [1.807, 2.05) is 18.5 Å². The first kappa shape index (κ1) is 13.1. The van der Waals surface area contributed by atoms with Gasteiger partial charge < -0.3 is 5.32 Å². The second-order valence-electron chi connectivity index (χ2n) is 5.02. The quantitative estimate of drug-likeness (QED) is 0.940. The molecule has 0 saturated carbocycles. The van der Waals surface area contributed by atoms with E-state index < -0.39 is 0 Å². The Kier molecular flexibility index (Phi) is 3.66. The van der Waals surface area contributed by atoms with Crippen LogP contribution in [-0.4, -0.2) is 9.97 Å². The minimum absolute atomic E-state index is 0.646. The highest BCUT2D eigenvalue weighted by Gasteiger charge is 2.15. The minimum atomic E-state index is 0.646. The van der Waals surface area contributed by atoms with Gasteiger partial charge >= 0.3 is 0 Å². The maximum absolute atomic E-state index is 9.29. The van der Waals surface area contributed by atoms with Crippen LogP contribution in [0.5, 0.6) is 0 Å². The maximum Gasteiger partial charge on any atom is 0.144 e. The lowest BCUT2D eigenvalue weighted by molar-refractivity contribution is 0.668. The summed E-state index contributed by atoms with van der Waals surface area (Å²) in [5.74, 6) is 0.709. The predicted octanol–water partition coefficient (Wildman–Crippen LogP) is 3.21. The topological polar surface area (TPSA) is 61.6 Å². The maximum atomic E-state index is 9.29. The molecule has 2 aromatic rings. The molecule has 0 aromatic carbocycles. The Balaban J connectivity index is 1.85. The number of thiazole rings is 1. The summed E-state index contributed by atoms with van der Waals surface area (Å²) in [6.07, 6.45) is 4.46. The molecule has 2 aromatic heterocycles. The van der Waals surface area contributed by atoms with E-state index in [2.05, 4.69) is 21.4 Å². The summed E-state index contributed by atoms with van der Waals surface area (Å²) in [5, 5.41) is 12.6. The van der Waals surface area contributed by atoms with E-state index in [-0.39, 0.29) is 0 Å². The van der Waals surface area contributed by atoms with Gasteiger partial charge in [0.2, 0.25) is 0 Å². The van der Waals surface area contributed by atoms with Crippen molar-refractivity contribution in [1.82, 2.24) is 9.97 Å². The lowest BCUT2D eigenvalue weighted by atomic mass is 9.95. The highest BCUT2D eigenvalue weighted by Crippen LogP contribution is 2.25. The largest absolute Gasteiger partial charge is 0.364 e. The Bertz CT molecular complexity index is 669. The van der Waals surface area contributed by atoms with Crippen molar-refractivity contribution in [2.45, 2.75) is 39.2 Å². The fourth-order valence-electron chi connectivity index (χ4n) is 2.51. The van der Waals surface area contributed by atoms with Crippen LogP contribution in [0.15, 0.2) is 11.6 Å². The molecule has 1 N–H and O–H groups in total. The monoisotopic (exact) mass is 284 g/mol. The number of aryl methyl sites for hydroxylation is 3. The van der Waals surface area contributed by atoms with E-state index in [0.717, 1.165) is 24.2 Å². The van der Waals surface area contributed by atoms with Crippen molar-refractivity contribution in [3.05, 3.63) is 39.0 Å². The Morgan fingerprint density at radius 2 is 2.25 bits per heavy atom. The number of nitrogens with zero attached hydrogens (tertiary/aromatic N) is 3. The zero-order valence-electron chi connectivity index (χ0n) is 11.4. The van der Waals surface area contributed by atoms with Crippen LogP contribution in [0, 0.1) is 18.3 Å². The Morgan fingerprint density at radius 1 is 1.40 bits per heavy atom. The molecule has 20 heavy (non-hydrogen) atoms. The van der Waals surface area contributed by atoms with Crippen LogP contribution in [0.4, 0.5) is 5.82 Å². The SMILES string of the molecule is Cc1ncsc1CNc1nc2c(cc1C#N)CCCC2. The molecule has 2 heterocycles. The van der Waals surface area contributed by atoms with Gasteiger partial charge in [0.1, 0.15) is 11.9 Å². The van der Waals surface area contributed by atoms with E-state index in [9.17, 15) is 5.26 Å². The van der Waals surface area contributed by atoms with Crippen molar-refractivity contribution < 1.29 is 0 Å². The molecule has 0 spiro atoms. The van der Waals surface area contributed by atoms with Gasteiger partial charge in [-0.2, -0.15) is 5.26 Å². The molecule has 0 aliphatic heterocycles. The van der Waals surface area contributed by atoms with Gasteiger partial charge in [-0.1, -0.05) is 0 Å². The third-order valence-corrected chi connectivity index (χ3v) is 4.62. The van der Waals surface area contributed by atoms with Crippen LogP contribution in [-0.2, 0) is 19.4 Å². The van der Waals surface area contributed by atoms with Gasteiger partial charge in [0.25, 0.3) is 0 Å². The smallest absolute Gasteiger partial charge is 0.144 e. The highest BCUT2D eigenvalue weighted by atomic mass is 32.1. The Hall–Kier alpha value is -1.93. The third-order valence-electron chi connectivity index (χ3n) is 3.68. The third kappa shape index (κ3) is 2.52. The molecule has 0 bridgehead atoms. The molecular formula is C15H16N4S. The molecule has 4 nitrogen and oxygen atoms in total. The van der Waals surface area contributed by atoms with Gasteiger partial charge in [0.15, 0.2) is 0 Å². The second-order valence-corrected chi connectivity index (χ2v) is 5.96. The number of hydrogen-bond donors (Lipinski definition) is 1. The number of nitriles is 1. The van der Waals surface area contributed by atoms with Crippen LogP contribution < -0.4 is 5.32 Å². The lowest BCUT2D eigenvalue weighted by Gasteiger charge is -2.17. The minimum Gasteiger partial charge on any atom is -0.364 e. The zero-order valence-corrected chi connectivity index (χ0v) is 12.3. The van der Waals surface area contributed by atoms with Crippen molar-refractivity contribution in [1.29, 1.82) is 5.26 Å². The Labute approximate surface area is 122 Å². The summed E-state index contributed by atoms with van der Waals surface area (Å²) >= 11 is 1.63. The highest BCUT2D eigenvalue weighted by molar-refractivity contribution is 7.09. The number of rotatable bonds is 3. The molecule has 0 saturated heterocycles. The summed E-state index contributed by atoms with van der Waals surface area (Å²) in [6, 6.07) is 4.26. The number of aromatic nitrogens is 2. The molecule has 1 aliphatic carbocycles. The zero-order chi connectivity index (χ0) is 13.9. The lowest BCUT2D eigenvalue weighted by Crippen LogP contribution is -2.10. The first-order valence-corrected chi connectivity index (χ1v) is 7.71. The van der Waals surface area contributed by atoms with Crippen molar-refractivity contribution in [2.24, 2.45) is 0 Å². The van der Waals surface area contributed by atoms with Crippen molar-refractivity contribution in [3.8, 4) is 6.07 Å². The molecule has 0 radical (unpaired) electrons. The summed E-state index contributed by atoms with van der Waals surface area (Å²) in [4.78, 5) is 10.1. The molecule has 0 unspecified atom stereocenters. The number of nitrogens with one attached hydrogen (secondary N) is 1. The molecule has 0 fully saturated rings. The molecular weight excluding hydrogens is 268 g/mol. The average molecular weight is 284 g/mol. The standard InChI is InChI=1S/C15H16N4S/c1-10-14(20-9-18-10)8-17-15-12(7-16)6-11-4-2-3-5-13(11)19-15/h6,9H,2-5,8H2,1H3,(H,17,19). The van der Waals surface area contributed by atoms with E-state index in [1.165, 1.54) is 23.3 Å². The number of pyridine rings is 1. The van der Waals surface area contributed by atoms with E-state index in [0.29, 0.717) is 17.9 Å². The normalized spacial score (nSPS) is 13.6. The summed E-state index contributed by atoms with van der Waals surface area (Å²) in [7, 11) is 0. The fraction of sp³-hybridized carbons (Fsp3) is 0.400. The van der Waals surface area contributed by atoms with Crippen LogP contribution in [0.2, 0.25) is 0 Å². The van der Waals surface area contributed by atoms with Crippen LogP contribution in [0.25, 0.3) is 0 Å². The average Bonchev–Trinajstić information content (AvgIpc) is 2.89. The molecule has 0 amide bonds. The van der Waals surface area contributed by atoms with Crippen LogP contribution in [0.3, 0.4) is 0 Å². The predicted molar refractivity (Wildman–Crippen MR) is 79.8 cm³/mol. The van der Waals surface area contributed by atoms with Crippen molar-refractivity contribution >= 4 is 17.2 Å². The number of fused-ring (bicyclic) bond motifs is 1. The molecule has 0 atom stereocenters. The van der Waals surface area contributed by atoms with E-state index >= 15 is 0 Å². The van der Waals surface area contributed by atoms with E-state index in [1.54, 1.807) is 11.3 Å². The number of hydrogen-bond acceptors (Lipinski definition) is 5. The first-order chi connectivity index (χ1) is 9.78. The first-order valence-electron chi connectivity index (χ1n) is 6.83. The van der Waals surface area contributed by atoms with Crippen molar-refractivity contribution in [3.63, 3.8) is 0 Å². The van der Waals surface area contributed by atoms with Gasteiger partial charge in [-0.3, -0.25) is 0 Å². The van der Waals surface area contributed by atoms with Crippen molar-refractivity contribution in [2.75, 3.05) is 5.32 Å².